The summed E-state index contributed by atoms with van der Waals surface area (Å²) < 4.78 is 21.3. The molecule has 0 atom stereocenters. The van der Waals surface area contributed by atoms with E-state index in [-0.39, 0.29) is 16.5 Å². The number of nitrogens with two attached hydrogens (primary N) is 1. The fraction of sp³-hybridized carbons (Fsp3) is 0.143. The predicted octanol–water partition coefficient (Wildman–Crippen LogP) is 0.834. The summed E-state index contributed by atoms with van der Waals surface area (Å²) in [5.74, 6) is -0.368. The van der Waals surface area contributed by atoms with E-state index in [2.05, 4.69) is 0 Å². The smallest absolute Gasteiger partial charge is 0.213 e. The number of phenols is 1. The minimum Gasteiger partial charge on any atom is -0.506 e. The molecule has 0 heterocycles. The van der Waals surface area contributed by atoms with Crippen LogP contribution in [0.2, 0.25) is 5.02 Å². The molecule has 0 unspecified atom stereocenters. The van der Waals surface area contributed by atoms with Crippen molar-refractivity contribution in [2.24, 2.45) is 5.14 Å². The Morgan fingerprint density at radius 2 is 2.08 bits per heavy atom. The molecule has 0 aliphatic carbocycles. The number of primary sulfonamides is 1. The maximum absolute atomic E-state index is 10.7. The van der Waals surface area contributed by atoms with Crippen molar-refractivity contribution in [2.75, 3.05) is 0 Å². The quantitative estimate of drug-likeness (QED) is 0.777. The Hall–Kier alpha value is -0.780. The van der Waals surface area contributed by atoms with E-state index in [0.717, 1.165) is 0 Å². The largest absolute Gasteiger partial charge is 0.506 e. The zero-order valence-electron chi connectivity index (χ0n) is 6.57. The maximum atomic E-state index is 10.7. The molecule has 3 N–H and O–H groups in total. The number of hydrogen-bond acceptors (Lipinski definition) is 3. The Kier molecular flexibility index (Phi) is 2.80. The molecule has 6 heteroatoms. The van der Waals surface area contributed by atoms with E-state index in [1.165, 1.54) is 18.2 Å². The molecular weight excluding hydrogens is 214 g/mol. The molecule has 0 amide bonds. The van der Waals surface area contributed by atoms with Crippen molar-refractivity contribution in [2.45, 2.75) is 5.75 Å². The van der Waals surface area contributed by atoms with Crippen molar-refractivity contribution in [1.82, 2.24) is 0 Å². The zero-order chi connectivity index (χ0) is 10.1. The van der Waals surface area contributed by atoms with Crippen molar-refractivity contribution < 1.29 is 13.5 Å². The molecular formula is C7H8ClNO3S. The average molecular weight is 222 g/mol. The fourth-order valence-electron chi connectivity index (χ4n) is 0.872. The topological polar surface area (TPSA) is 80.4 Å². The van der Waals surface area contributed by atoms with Gasteiger partial charge in [-0.2, -0.15) is 0 Å². The lowest BCUT2D eigenvalue weighted by Gasteiger charge is -2.01. The molecule has 1 rings (SSSR count). The first-order valence-corrected chi connectivity index (χ1v) is 5.46. The number of rotatable bonds is 2. The van der Waals surface area contributed by atoms with Crippen molar-refractivity contribution in [3.63, 3.8) is 0 Å². The summed E-state index contributed by atoms with van der Waals surface area (Å²) in [7, 11) is -3.55. The van der Waals surface area contributed by atoms with Gasteiger partial charge in [0.1, 0.15) is 5.75 Å². The van der Waals surface area contributed by atoms with Crippen molar-refractivity contribution in [1.29, 1.82) is 0 Å². The van der Waals surface area contributed by atoms with Crippen LogP contribution in [0.3, 0.4) is 0 Å². The molecule has 0 aliphatic rings. The lowest BCUT2D eigenvalue weighted by molar-refractivity contribution is 0.475. The van der Waals surface area contributed by atoms with Crippen LogP contribution in [0.5, 0.6) is 5.75 Å². The number of benzene rings is 1. The van der Waals surface area contributed by atoms with Gasteiger partial charge in [-0.3, -0.25) is 0 Å². The molecule has 13 heavy (non-hydrogen) atoms. The number of sulfonamides is 1. The second-order valence-electron chi connectivity index (χ2n) is 2.59. The van der Waals surface area contributed by atoms with Gasteiger partial charge in [0, 0.05) is 0 Å². The first-order chi connectivity index (χ1) is 5.88. The first kappa shape index (κ1) is 10.3. The zero-order valence-corrected chi connectivity index (χ0v) is 8.14. The van der Waals surface area contributed by atoms with Crippen molar-refractivity contribution >= 4 is 21.6 Å². The minimum atomic E-state index is -3.55. The average Bonchev–Trinajstić information content (AvgIpc) is 1.94. The Balaban J connectivity index is 2.99. The first-order valence-electron chi connectivity index (χ1n) is 3.36. The monoisotopic (exact) mass is 221 g/mol. The predicted molar refractivity (Wildman–Crippen MR) is 49.9 cm³/mol. The van der Waals surface area contributed by atoms with Gasteiger partial charge in [-0.1, -0.05) is 17.7 Å². The van der Waals surface area contributed by atoms with Crippen LogP contribution in [0.15, 0.2) is 18.2 Å². The van der Waals surface area contributed by atoms with E-state index in [1.807, 2.05) is 0 Å². The highest BCUT2D eigenvalue weighted by atomic mass is 35.5. The number of hydrogen-bond donors (Lipinski definition) is 2. The summed E-state index contributed by atoms with van der Waals surface area (Å²) >= 11 is 5.56. The van der Waals surface area contributed by atoms with E-state index in [4.69, 9.17) is 21.8 Å². The molecule has 0 spiro atoms. The molecule has 0 aliphatic heterocycles. The van der Waals surface area contributed by atoms with Crippen LogP contribution >= 0.6 is 11.6 Å². The van der Waals surface area contributed by atoms with Crippen LogP contribution in [-0.4, -0.2) is 13.5 Å². The molecule has 0 radical (unpaired) electrons. The SMILES string of the molecule is NS(=O)(=O)Cc1ccc(O)c(Cl)c1. The van der Waals surface area contributed by atoms with Gasteiger partial charge < -0.3 is 5.11 Å². The summed E-state index contributed by atoms with van der Waals surface area (Å²) in [5.41, 5.74) is 0.449. The van der Waals surface area contributed by atoms with Gasteiger partial charge in [0.25, 0.3) is 0 Å². The van der Waals surface area contributed by atoms with Gasteiger partial charge >= 0.3 is 0 Å². The lowest BCUT2D eigenvalue weighted by atomic mass is 10.2. The molecule has 0 saturated carbocycles. The van der Waals surface area contributed by atoms with E-state index in [0.29, 0.717) is 5.56 Å². The molecule has 0 aromatic heterocycles. The standard InChI is InChI=1S/C7H8ClNO3S/c8-6-3-5(1-2-7(6)10)4-13(9,11)12/h1-3,10H,4H2,(H2,9,11,12). The number of phenolic OH excluding ortho intramolecular Hbond substituents is 1. The second-order valence-corrected chi connectivity index (χ2v) is 4.61. The third kappa shape index (κ3) is 3.22. The van der Waals surface area contributed by atoms with E-state index in [9.17, 15) is 8.42 Å². The number of aromatic hydroxyl groups is 1. The van der Waals surface area contributed by atoms with Gasteiger partial charge in [-0.15, -0.1) is 0 Å². The molecule has 0 saturated heterocycles. The third-order valence-corrected chi connectivity index (χ3v) is 2.42. The summed E-state index contributed by atoms with van der Waals surface area (Å²) in [6.45, 7) is 0. The van der Waals surface area contributed by atoms with Crippen molar-refractivity contribution in [3.8, 4) is 5.75 Å². The molecule has 4 nitrogen and oxygen atoms in total. The second kappa shape index (κ2) is 3.53. The maximum Gasteiger partial charge on any atom is 0.213 e. The summed E-state index contributed by atoms with van der Waals surface area (Å²) in [6, 6.07) is 4.13. The van der Waals surface area contributed by atoms with E-state index < -0.39 is 10.0 Å². The highest BCUT2D eigenvalue weighted by molar-refractivity contribution is 7.88. The van der Waals surface area contributed by atoms with Gasteiger partial charge in [-0.25, -0.2) is 13.6 Å². The minimum absolute atomic E-state index is 0.0835. The van der Waals surface area contributed by atoms with Crippen LogP contribution in [0, 0.1) is 0 Å². The van der Waals surface area contributed by atoms with Gasteiger partial charge in [-0.05, 0) is 17.7 Å². The van der Waals surface area contributed by atoms with Crippen LogP contribution in [-0.2, 0) is 15.8 Å². The highest BCUT2D eigenvalue weighted by Gasteiger charge is 2.06. The summed E-state index contributed by atoms with van der Waals surface area (Å²) in [5, 5.41) is 14.0. The Bertz CT molecular complexity index is 416. The van der Waals surface area contributed by atoms with Crippen LogP contribution in [0.4, 0.5) is 0 Å². The van der Waals surface area contributed by atoms with Gasteiger partial charge in [0.15, 0.2) is 0 Å². The van der Waals surface area contributed by atoms with E-state index in [1.54, 1.807) is 0 Å². The van der Waals surface area contributed by atoms with Gasteiger partial charge in [0.2, 0.25) is 10.0 Å². The normalized spacial score (nSPS) is 11.5. The summed E-state index contributed by atoms with van der Waals surface area (Å²) in [4.78, 5) is 0. The van der Waals surface area contributed by atoms with Crippen LogP contribution < -0.4 is 5.14 Å². The third-order valence-electron chi connectivity index (χ3n) is 1.38. The van der Waals surface area contributed by atoms with Gasteiger partial charge in [0.05, 0.1) is 10.8 Å². The Labute approximate surface area is 81.0 Å². The summed E-state index contributed by atoms with van der Waals surface area (Å²) in [6.07, 6.45) is 0. The van der Waals surface area contributed by atoms with Crippen LogP contribution in [0.25, 0.3) is 0 Å². The van der Waals surface area contributed by atoms with Crippen molar-refractivity contribution in [3.05, 3.63) is 28.8 Å². The highest BCUT2D eigenvalue weighted by Crippen LogP contribution is 2.24. The fourth-order valence-corrected chi connectivity index (χ4v) is 1.72. The molecule has 0 fully saturated rings. The Morgan fingerprint density at radius 3 is 2.54 bits per heavy atom. The molecule has 1 aromatic rings. The molecule has 1 aromatic carbocycles. The lowest BCUT2D eigenvalue weighted by Crippen LogP contribution is -2.14. The van der Waals surface area contributed by atoms with E-state index >= 15 is 0 Å². The number of halogens is 1. The Morgan fingerprint density at radius 1 is 1.46 bits per heavy atom. The molecule has 72 valence electrons. The molecule has 0 bridgehead atoms. The van der Waals surface area contributed by atoms with Crippen LogP contribution in [0.1, 0.15) is 5.56 Å².